The molecule has 2 atom stereocenters. The van der Waals surface area contributed by atoms with Gasteiger partial charge < -0.3 is 23.7 Å². The molecular weight excluding hydrogens is 501 g/mol. The SMILES string of the molecule is Cc1oc(=O)oc1COC(=O)C[C@H](NC(=O)C1(C(C)C)CC(c2nccc3ccccc23)=NO1)C(=O)CF. The average molecular weight is 528 g/mol. The lowest BCUT2D eigenvalue weighted by Crippen LogP contribution is -2.55. The number of aryl methyl sites for hydroxylation is 1. The number of ether oxygens (including phenoxy) is 1. The van der Waals surface area contributed by atoms with Crippen molar-refractivity contribution in [2.75, 3.05) is 6.67 Å². The highest BCUT2D eigenvalue weighted by Gasteiger charge is 2.51. The van der Waals surface area contributed by atoms with Gasteiger partial charge in [-0.25, -0.2) is 9.18 Å². The van der Waals surface area contributed by atoms with Crippen LogP contribution in [-0.2, 0) is 30.6 Å². The number of hydrogen-bond donors (Lipinski definition) is 1. The van der Waals surface area contributed by atoms with Gasteiger partial charge in [0.15, 0.2) is 23.9 Å². The van der Waals surface area contributed by atoms with Crippen molar-refractivity contribution in [3.63, 3.8) is 0 Å². The topological polar surface area (TPSA) is 150 Å². The van der Waals surface area contributed by atoms with E-state index < -0.39 is 60.7 Å². The molecule has 1 N–H and O–H groups in total. The minimum absolute atomic E-state index is 0.00871. The smallest absolute Gasteiger partial charge is 0.457 e. The normalized spacial score (nSPS) is 17.7. The summed E-state index contributed by atoms with van der Waals surface area (Å²) in [6, 6.07) is 7.90. The lowest BCUT2D eigenvalue weighted by atomic mass is 9.83. The number of pyridine rings is 1. The predicted molar refractivity (Wildman–Crippen MR) is 131 cm³/mol. The molecule has 0 saturated heterocycles. The summed E-state index contributed by atoms with van der Waals surface area (Å²) in [6.07, 6.45) is 1.02. The number of carbonyl (C=O) groups is 3. The van der Waals surface area contributed by atoms with Gasteiger partial charge >= 0.3 is 11.8 Å². The number of alkyl halides is 1. The third-order valence-electron chi connectivity index (χ3n) is 6.41. The van der Waals surface area contributed by atoms with E-state index in [0.29, 0.717) is 11.4 Å². The van der Waals surface area contributed by atoms with Crippen LogP contribution in [0, 0.1) is 12.8 Å². The Kier molecular flexibility index (Phi) is 7.70. The summed E-state index contributed by atoms with van der Waals surface area (Å²) in [4.78, 5) is 59.4. The van der Waals surface area contributed by atoms with Gasteiger partial charge in [-0.2, -0.15) is 0 Å². The van der Waals surface area contributed by atoms with E-state index in [1.807, 2.05) is 30.3 Å². The first-order valence-electron chi connectivity index (χ1n) is 11.9. The van der Waals surface area contributed by atoms with Crippen LogP contribution in [0.15, 0.2) is 55.3 Å². The van der Waals surface area contributed by atoms with Crippen LogP contribution in [0.4, 0.5) is 4.39 Å². The number of halogens is 1. The molecule has 200 valence electrons. The van der Waals surface area contributed by atoms with Gasteiger partial charge in [-0.15, -0.1) is 0 Å². The fraction of sp³-hybridized carbons (Fsp3) is 0.385. The third-order valence-corrected chi connectivity index (χ3v) is 6.41. The van der Waals surface area contributed by atoms with Crippen LogP contribution in [0.2, 0.25) is 0 Å². The predicted octanol–water partition coefficient (Wildman–Crippen LogP) is 2.77. The molecule has 2 aromatic heterocycles. The average Bonchev–Trinajstić information content (AvgIpc) is 3.50. The monoisotopic (exact) mass is 527 g/mol. The van der Waals surface area contributed by atoms with Crippen LogP contribution >= 0.6 is 0 Å². The van der Waals surface area contributed by atoms with Gasteiger partial charge in [-0.3, -0.25) is 19.4 Å². The molecule has 1 aromatic carbocycles. The number of ketones is 1. The molecule has 1 aliphatic heterocycles. The molecule has 12 heteroatoms. The number of esters is 1. The molecule has 1 amide bonds. The van der Waals surface area contributed by atoms with E-state index >= 15 is 0 Å². The molecule has 1 unspecified atom stereocenters. The number of oxime groups is 1. The van der Waals surface area contributed by atoms with Crippen molar-refractivity contribution in [3.8, 4) is 0 Å². The van der Waals surface area contributed by atoms with E-state index in [0.717, 1.165) is 10.8 Å². The van der Waals surface area contributed by atoms with Crippen molar-refractivity contribution in [1.29, 1.82) is 0 Å². The second-order valence-corrected chi connectivity index (χ2v) is 9.16. The maximum Gasteiger partial charge on any atom is 0.519 e. The van der Waals surface area contributed by atoms with Crippen molar-refractivity contribution in [1.82, 2.24) is 10.3 Å². The lowest BCUT2D eigenvalue weighted by Gasteiger charge is -2.30. The zero-order chi connectivity index (χ0) is 27.4. The maximum atomic E-state index is 13.5. The van der Waals surface area contributed by atoms with Crippen LogP contribution in [0.3, 0.4) is 0 Å². The van der Waals surface area contributed by atoms with Gasteiger partial charge in [-0.1, -0.05) is 43.3 Å². The molecule has 11 nitrogen and oxygen atoms in total. The quantitative estimate of drug-likeness (QED) is 0.393. The number of nitrogens with zero attached hydrogens (tertiary/aromatic N) is 2. The van der Waals surface area contributed by atoms with E-state index in [2.05, 4.69) is 19.9 Å². The van der Waals surface area contributed by atoms with Crippen molar-refractivity contribution in [2.24, 2.45) is 11.1 Å². The molecule has 0 spiro atoms. The number of carbonyl (C=O) groups excluding carboxylic acids is 3. The van der Waals surface area contributed by atoms with Gasteiger partial charge in [0.25, 0.3) is 5.91 Å². The minimum atomic E-state index is -1.52. The van der Waals surface area contributed by atoms with E-state index in [4.69, 9.17) is 14.0 Å². The highest BCUT2D eigenvalue weighted by Crippen LogP contribution is 2.35. The fourth-order valence-electron chi connectivity index (χ4n) is 4.12. The second-order valence-electron chi connectivity index (χ2n) is 9.16. The standard InChI is InChI=1S/C26H26FN3O8/c1-14(2)26(11-19(30-38-26)23-17-7-5-4-6-16(17)8-9-28-23)24(33)29-18(20(31)12-27)10-22(32)35-13-21-15(3)36-25(34)37-21/h4-9,14,18H,10-13H2,1-3H3,(H,29,33)/t18-,26?/m0/s1. The summed E-state index contributed by atoms with van der Waals surface area (Å²) in [7, 11) is 0. The van der Waals surface area contributed by atoms with E-state index in [1.54, 1.807) is 20.0 Å². The molecule has 0 radical (unpaired) electrons. The van der Waals surface area contributed by atoms with Crippen molar-refractivity contribution < 1.29 is 37.2 Å². The van der Waals surface area contributed by atoms with Gasteiger partial charge in [-0.05, 0) is 18.4 Å². The summed E-state index contributed by atoms with van der Waals surface area (Å²) in [5.74, 6) is -3.94. The molecule has 0 fully saturated rings. The van der Waals surface area contributed by atoms with Gasteiger partial charge in [0.2, 0.25) is 5.60 Å². The van der Waals surface area contributed by atoms with Crippen molar-refractivity contribution in [3.05, 3.63) is 64.4 Å². The summed E-state index contributed by atoms with van der Waals surface area (Å²) in [5.41, 5.74) is -0.528. The van der Waals surface area contributed by atoms with E-state index in [-0.39, 0.29) is 17.9 Å². The van der Waals surface area contributed by atoms with Crippen molar-refractivity contribution >= 4 is 34.1 Å². The number of fused-ring (bicyclic) bond motifs is 1. The summed E-state index contributed by atoms with van der Waals surface area (Å²) in [6.45, 7) is 3.09. The first kappa shape index (κ1) is 26.7. The molecule has 4 rings (SSSR count). The lowest BCUT2D eigenvalue weighted by molar-refractivity contribution is -0.153. The Labute approximate surface area is 216 Å². The molecule has 1 aliphatic rings. The first-order valence-corrected chi connectivity index (χ1v) is 11.9. The van der Waals surface area contributed by atoms with E-state index in [1.165, 1.54) is 6.92 Å². The van der Waals surface area contributed by atoms with Crippen LogP contribution in [0.25, 0.3) is 10.8 Å². The van der Waals surface area contributed by atoms with E-state index in [9.17, 15) is 23.6 Å². The maximum absolute atomic E-state index is 13.5. The second kappa shape index (κ2) is 11.0. The first-order chi connectivity index (χ1) is 18.1. The molecule has 0 aliphatic carbocycles. The van der Waals surface area contributed by atoms with Crippen LogP contribution < -0.4 is 11.1 Å². The summed E-state index contributed by atoms with van der Waals surface area (Å²) in [5, 5.41) is 8.36. The Bertz CT molecular complexity index is 1450. The Morgan fingerprint density at radius 3 is 2.63 bits per heavy atom. The number of aromatic nitrogens is 1. The van der Waals surface area contributed by atoms with Crippen molar-refractivity contribution in [2.45, 2.75) is 51.9 Å². The van der Waals surface area contributed by atoms with Crippen LogP contribution in [0.5, 0.6) is 0 Å². The zero-order valence-corrected chi connectivity index (χ0v) is 21.0. The van der Waals surface area contributed by atoms with Crippen LogP contribution in [0.1, 0.15) is 43.9 Å². The summed E-state index contributed by atoms with van der Waals surface area (Å²) < 4.78 is 27.8. The number of rotatable bonds is 10. The fourth-order valence-corrected chi connectivity index (χ4v) is 4.12. The molecule has 38 heavy (non-hydrogen) atoms. The number of amides is 1. The largest absolute Gasteiger partial charge is 0.519 e. The molecule has 3 heterocycles. The molecule has 0 bridgehead atoms. The Hall–Kier alpha value is -4.35. The third kappa shape index (κ3) is 5.34. The molecule has 3 aromatic rings. The minimum Gasteiger partial charge on any atom is -0.457 e. The zero-order valence-electron chi connectivity index (χ0n) is 21.0. The number of Topliss-reactive ketones (excluding diaryl/α,β-unsaturated/α-hetero) is 1. The highest BCUT2D eigenvalue weighted by atomic mass is 19.1. The number of hydrogen-bond acceptors (Lipinski definition) is 10. The summed E-state index contributed by atoms with van der Waals surface area (Å²) >= 11 is 0. The van der Waals surface area contributed by atoms with Gasteiger partial charge in [0.05, 0.1) is 12.1 Å². The number of nitrogens with one attached hydrogen (secondary N) is 1. The molecule has 0 saturated carbocycles. The Balaban J connectivity index is 1.48. The van der Waals surface area contributed by atoms with Gasteiger partial charge in [0.1, 0.15) is 18.4 Å². The Morgan fingerprint density at radius 1 is 1.18 bits per heavy atom. The highest BCUT2D eigenvalue weighted by molar-refractivity contribution is 6.12. The van der Waals surface area contributed by atoms with Crippen LogP contribution in [-0.4, -0.2) is 46.7 Å². The molecular formula is C26H26FN3O8. The van der Waals surface area contributed by atoms with Gasteiger partial charge in [0, 0.05) is 23.9 Å². The Morgan fingerprint density at radius 2 is 1.95 bits per heavy atom. The number of benzene rings is 1.